The molecule has 1 amide bonds. The van der Waals surface area contributed by atoms with Gasteiger partial charge < -0.3 is 19.8 Å². The molecule has 420 valence electrons. The zero-order valence-corrected chi connectivity index (χ0v) is 48.9. The van der Waals surface area contributed by atoms with Crippen LogP contribution in [0.2, 0.25) is 0 Å². The summed E-state index contributed by atoms with van der Waals surface area (Å²) in [5.74, 6) is -0.186. The maximum absolute atomic E-state index is 13.0. The molecule has 0 aliphatic heterocycles. The van der Waals surface area contributed by atoms with Gasteiger partial charge in [0.25, 0.3) is 0 Å². The van der Waals surface area contributed by atoms with E-state index in [4.69, 9.17) is 9.05 Å². The largest absolute Gasteiger partial charge is 0.472 e. The van der Waals surface area contributed by atoms with Gasteiger partial charge in [0.1, 0.15) is 13.2 Å². The number of quaternary nitrogens is 1. The van der Waals surface area contributed by atoms with Crippen molar-refractivity contribution in [2.24, 2.45) is 0 Å². The molecule has 0 bridgehead atoms. The number of carbonyl (C=O) groups excluding carboxylic acids is 1. The molecule has 0 radical (unpaired) electrons. The van der Waals surface area contributed by atoms with E-state index >= 15 is 0 Å². The van der Waals surface area contributed by atoms with Crippen LogP contribution in [0, 0.1) is 0 Å². The van der Waals surface area contributed by atoms with Crippen molar-refractivity contribution < 1.29 is 32.9 Å². The van der Waals surface area contributed by atoms with Crippen LogP contribution in [-0.4, -0.2) is 73.4 Å². The molecule has 3 unspecified atom stereocenters. The molecule has 0 aromatic carbocycles. The monoisotopic (exact) mass is 1020 g/mol. The fraction of sp³-hybridized carbons (Fsp3) is 0.887. The number of likely N-dealkylation sites (N-methyl/N-ethyl adjacent to an activating group) is 1. The summed E-state index contributed by atoms with van der Waals surface area (Å²) in [5, 5.41) is 13.9. The summed E-state index contributed by atoms with van der Waals surface area (Å²) in [6, 6.07) is -0.867. The number of amides is 1. The van der Waals surface area contributed by atoms with Gasteiger partial charge in [-0.05, 0) is 44.9 Å². The molecule has 0 rings (SSSR count). The average Bonchev–Trinajstić information content (AvgIpc) is 3.33. The highest BCUT2D eigenvalue weighted by Crippen LogP contribution is 2.43. The highest BCUT2D eigenvalue weighted by Gasteiger charge is 2.27. The zero-order valence-electron chi connectivity index (χ0n) is 48.0. The number of phosphoric ester groups is 1. The summed E-state index contributed by atoms with van der Waals surface area (Å²) >= 11 is 0. The Morgan fingerprint density at radius 2 is 0.775 bits per heavy atom. The average molecular weight is 1020 g/mol. The van der Waals surface area contributed by atoms with Crippen molar-refractivity contribution in [3.63, 3.8) is 0 Å². The van der Waals surface area contributed by atoms with Gasteiger partial charge in [0, 0.05) is 6.42 Å². The summed E-state index contributed by atoms with van der Waals surface area (Å²) in [6.45, 7) is 4.79. The topological polar surface area (TPSA) is 105 Å². The fourth-order valence-corrected chi connectivity index (χ4v) is 9.99. The number of allylic oxidation sites excluding steroid dienone is 5. The number of phosphoric acid groups is 1. The molecule has 0 fully saturated rings. The molecule has 0 saturated heterocycles. The van der Waals surface area contributed by atoms with Crippen molar-refractivity contribution in [2.75, 3.05) is 40.9 Å². The number of aliphatic hydroxyl groups excluding tert-OH is 1. The molecule has 0 heterocycles. The normalized spacial score (nSPS) is 14.1. The summed E-state index contributed by atoms with van der Waals surface area (Å²) < 4.78 is 23.7. The number of carbonyl (C=O) groups is 1. The van der Waals surface area contributed by atoms with Crippen LogP contribution in [0.4, 0.5) is 0 Å². The molecule has 0 aliphatic carbocycles. The fourth-order valence-electron chi connectivity index (χ4n) is 9.25. The predicted octanol–water partition coefficient (Wildman–Crippen LogP) is 18.9. The maximum Gasteiger partial charge on any atom is 0.472 e. The number of aliphatic hydroxyl groups is 1. The first-order chi connectivity index (χ1) is 34.5. The number of unbranched alkanes of at least 4 members (excludes halogenated alkanes) is 40. The van der Waals surface area contributed by atoms with Crippen LogP contribution in [0.25, 0.3) is 0 Å². The van der Waals surface area contributed by atoms with Gasteiger partial charge in [-0.25, -0.2) is 4.57 Å². The van der Waals surface area contributed by atoms with Crippen LogP contribution >= 0.6 is 7.82 Å². The SMILES string of the molecule is CCCCCC/C=C/CC/C=C/CC/C=C/C(O)C(COP(=O)(O)OCC[N+](C)(C)C)NC(=O)CCCCCCCCCCCCCCCCCCCCCCCCCCCCCCCCCCCCC. The molecule has 71 heavy (non-hydrogen) atoms. The Hall–Kier alpha value is -1.28. The molecule has 0 aromatic rings. The van der Waals surface area contributed by atoms with Crippen LogP contribution in [0.1, 0.15) is 303 Å². The second-order valence-corrected chi connectivity index (χ2v) is 23.9. The van der Waals surface area contributed by atoms with Crippen LogP contribution in [0.15, 0.2) is 36.5 Å². The Balaban J connectivity index is 3.95. The van der Waals surface area contributed by atoms with E-state index in [9.17, 15) is 19.4 Å². The van der Waals surface area contributed by atoms with Gasteiger partial charge in [0.05, 0.1) is 39.9 Å². The quantitative estimate of drug-likeness (QED) is 0.0243. The molecular weight excluding hydrogens is 900 g/mol. The van der Waals surface area contributed by atoms with Crippen molar-refractivity contribution in [1.82, 2.24) is 5.32 Å². The van der Waals surface area contributed by atoms with E-state index in [2.05, 4.69) is 43.5 Å². The molecular formula is C62H122N2O6P+. The Kier molecular flexibility index (Phi) is 52.6. The summed E-state index contributed by atoms with van der Waals surface area (Å²) in [6.07, 6.45) is 70.1. The third-order valence-corrected chi connectivity index (χ3v) is 15.1. The molecule has 9 heteroatoms. The molecule has 0 aromatic heterocycles. The van der Waals surface area contributed by atoms with E-state index in [1.54, 1.807) is 6.08 Å². The number of nitrogens with one attached hydrogen (secondary N) is 1. The lowest BCUT2D eigenvalue weighted by atomic mass is 10.0. The minimum Gasteiger partial charge on any atom is -0.387 e. The predicted molar refractivity (Wildman–Crippen MR) is 309 cm³/mol. The van der Waals surface area contributed by atoms with Crippen LogP contribution in [0.3, 0.4) is 0 Å². The molecule has 0 saturated carbocycles. The minimum absolute atomic E-state index is 0.0549. The van der Waals surface area contributed by atoms with E-state index < -0.39 is 20.0 Å². The lowest BCUT2D eigenvalue weighted by molar-refractivity contribution is -0.870. The molecule has 0 aliphatic rings. The van der Waals surface area contributed by atoms with Crippen LogP contribution in [0.5, 0.6) is 0 Å². The second-order valence-electron chi connectivity index (χ2n) is 22.4. The van der Waals surface area contributed by atoms with E-state index in [1.807, 2.05) is 27.2 Å². The third-order valence-electron chi connectivity index (χ3n) is 14.1. The molecule has 3 atom stereocenters. The second kappa shape index (κ2) is 53.5. The number of hydrogen-bond donors (Lipinski definition) is 3. The summed E-state index contributed by atoms with van der Waals surface area (Å²) in [4.78, 5) is 23.3. The van der Waals surface area contributed by atoms with Gasteiger partial charge >= 0.3 is 7.82 Å². The first kappa shape index (κ1) is 69.7. The van der Waals surface area contributed by atoms with Gasteiger partial charge in [0.2, 0.25) is 5.91 Å². The van der Waals surface area contributed by atoms with E-state index in [1.165, 1.54) is 238 Å². The molecule has 0 spiro atoms. The standard InChI is InChI=1S/C62H121N2O6P/c1-6-8-10-12-14-16-18-20-22-23-24-25-26-27-28-29-30-31-32-33-34-35-36-37-38-39-40-41-42-44-46-48-50-52-54-56-62(66)63-60(59-70-71(67,68)69-58-57-64(3,4)5)61(65)55-53-51-49-47-45-43-21-19-17-15-13-11-9-7-2/h17,19,45,47,53,55,60-61,65H,6-16,18,20-44,46,48-52,54,56-59H2,1-5H3,(H-,63,66,67,68)/p+1/b19-17+,47-45+,55-53+. The summed E-state index contributed by atoms with van der Waals surface area (Å²) in [5.41, 5.74) is 0. The Morgan fingerprint density at radius 1 is 0.465 bits per heavy atom. The smallest absolute Gasteiger partial charge is 0.387 e. The minimum atomic E-state index is -4.35. The van der Waals surface area contributed by atoms with Crippen molar-refractivity contribution in [1.29, 1.82) is 0 Å². The number of rotatable bonds is 57. The van der Waals surface area contributed by atoms with Gasteiger partial charge in [-0.15, -0.1) is 0 Å². The third kappa shape index (κ3) is 56.3. The van der Waals surface area contributed by atoms with Crippen molar-refractivity contribution >= 4 is 13.7 Å². The van der Waals surface area contributed by atoms with Crippen LogP contribution in [-0.2, 0) is 18.4 Å². The first-order valence-electron chi connectivity index (χ1n) is 30.9. The number of hydrogen-bond acceptors (Lipinski definition) is 5. The van der Waals surface area contributed by atoms with Gasteiger partial charge in [-0.3, -0.25) is 13.8 Å². The first-order valence-corrected chi connectivity index (χ1v) is 32.4. The summed E-state index contributed by atoms with van der Waals surface area (Å²) in [7, 11) is 1.56. The van der Waals surface area contributed by atoms with Crippen molar-refractivity contribution in [3.8, 4) is 0 Å². The number of nitrogens with zero attached hydrogens (tertiary/aromatic N) is 1. The van der Waals surface area contributed by atoms with Gasteiger partial charge in [-0.2, -0.15) is 0 Å². The van der Waals surface area contributed by atoms with Gasteiger partial charge in [0.15, 0.2) is 0 Å². The lowest BCUT2D eigenvalue weighted by Gasteiger charge is -2.25. The molecule has 3 N–H and O–H groups in total. The highest BCUT2D eigenvalue weighted by molar-refractivity contribution is 7.47. The maximum atomic E-state index is 13.0. The zero-order chi connectivity index (χ0) is 52.0. The van der Waals surface area contributed by atoms with Gasteiger partial charge in [-0.1, -0.05) is 288 Å². The van der Waals surface area contributed by atoms with Crippen molar-refractivity contribution in [3.05, 3.63) is 36.5 Å². The van der Waals surface area contributed by atoms with Crippen LogP contribution < -0.4 is 5.32 Å². The van der Waals surface area contributed by atoms with E-state index in [0.717, 1.165) is 44.9 Å². The lowest BCUT2D eigenvalue weighted by Crippen LogP contribution is -2.45. The van der Waals surface area contributed by atoms with Crippen molar-refractivity contribution in [2.45, 2.75) is 315 Å². The molecule has 8 nitrogen and oxygen atoms in total. The Bertz CT molecular complexity index is 1250. The van der Waals surface area contributed by atoms with E-state index in [-0.39, 0.29) is 19.1 Å². The highest BCUT2D eigenvalue weighted by atomic mass is 31.2. The Morgan fingerprint density at radius 3 is 1.13 bits per heavy atom. The Labute approximate surface area is 442 Å². The van der Waals surface area contributed by atoms with E-state index in [0.29, 0.717) is 17.4 Å².